The van der Waals surface area contributed by atoms with Gasteiger partial charge in [-0.3, -0.25) is 4.79 Å². The van der Waals surface area contributed by atoms with Crippen LogP contribution < -0.4 is 10.3 Å². The van der Waals surface area contributed by atoms with Gasteiger partial charge in [0, 0.05) is 11.6 Å². The molecule has 0 bridgehead atoms. The minimum absolute atomic E-state index is 0.0191. The number of aromatic amines is 1. The van der Waals surface area contributed by atoms with Crippen molar-refractivity contribution in [1.82, 2.24) is 9.97 Å². The average molecular weight is 298 g/mol. The van der Waals surface area contributed by atoms with Gasteiger partial charge in [0.25, 0.3) is 5.56 Å². The van der Waals surface area contributed by atoms with Crippen molar-refractivity contribution >= 4 is 0 Å². The topological polar surface area (TPSA) is 55.0 Å². The maximum atomic E-state index is 12.7. The van der Waals surface area contributed by atoms with E-state index in [4.69, 9.17) is 4.74 Å². The molecular formula is C14H13F3N2O2. The zero-order valence-electron chi connectivity index (χ0n) is 11.6. The molecule has 0 saturated carbocycles. The second-order valence-corrected chi connectivity index (χ2v) is 4.61. The van der Waals surface area contributed by atoms with Crippen LogP contribution in [-0.4, -0.2) is 17.1 Å². The molecule has 0 atom stereocenters. The fraction of sp³-hybridized carbons (Fsp3) is 0.286. The number of hydrogen-bond donors (Lipinski definition) is 1. The Labute approximate surface area is 118 Å². The van der Waals surface area contributed by atoms with E-state index in [1.165, 1.54) is 7.11 Å². The van der Waals surface area contributed by atoms with E-state index < -0.39 is 17.6 Å². The van der Waals surface area contributed by atoms with Gasteiger partial charge in [0.15, 0.2) is 0 Å². The van der Waals surface area contributed by atoms with E-state index in [0.29, 0.717) is 16.9 Å². The minimum atomic E-state index is -4.70. The third kappa shape index (κ3) is 3.07. The molecule has 1 aromatic heterocycles. The lowest BCUT2D eigenvalue weighted by Crippen LogP contribution is -2.19. The lowest BCUT2D eigenvalue weighted by Gasteiger charge is -2.12. The van der Waals surface area contributed by atoms with Gasteiger partial charge in [0.1, 0.15) is 5.75 Å². The predicted octanol–water partition coefficient (Wildman–Crippen LogP) is 3.08. The Morgan fingerprint density at radius 2 is 1.81 bits per heavy atom. The van der Waals surface area contributed by atoms with Gasteiger partial charge < -0.3 is 9.72 Å². The van der Waals surface area contributed by atoms with E-state index in [1.807, 2.05) is 0 Å². The molecule has 4 nitrogen and oxygen atoms in total. The molecule has 7 heteroatoms. The number of nitrogens with zero attached hydrogens (tertiary/aromatic N) is 1. The predicted molar refractivity (Wildman–Crippen MR) is 71.3 cm³/mol. The summed E-state index contributed by atoms with van der Waals surface area (Å²) in [7, 11) is 1.51. The summed E-state index contributed by atoms with van der Waals surface area (Å²) < 4.78 is 43.3. The van der Waals surface area contributed by atoms with Crippen LogP contribution in [0.5, 0.6) is 5.75 Å². The van der Waals surface area contributed by atoms with Crippen LogP contribution in [0.4, 0.5) is 13.2 Å². The Morgan fingerprint density at radius 1 is 1.14 bits per heavy atom. The van der Waals surface area contributed by atoms with E-state index in [9.17, 15) is 18.0 Å². The monoisotopic (exact) mass is 298 g/mol. The molecule has 0 fully saturated rings. The number of ether oxygens (including phenoxy) is 1. The van der Waals surface area contributed by atoms with Crippen LogP contribution >= 0.6 is 0 Å². The Morgan fingerprint density at radius 3 is 2.38 bits per heavy atom. The third-order valence-electron chi connectivity index (χ3n) is 3.03. The highest BCUT2D eigenvalue weighted by molar-refractivity contribution is 5.66. The van der Waals surface area contributed by atoms with Crippen LogP contribution in [0.2, 0.25) is 0 Å². The fourth-order valence-electron chi connectivity index (χ4n) is 2.02. The molecule has 0 unspecified atom stereocenters. The summed E-state index contributed by atoms with van der Waals surface area (Å²) in [4.78, 5) is 16.6. The van der Waals surface area contributed by atoms with Crippen LogP contribution in [0.1, 0.15) is 17.0 Å². The summed E-state index contributed by atoms with van der Waals surface area (Å²) in [5.41, 5.74) is 1.01. The zero-order chi connectivity index (χ0) is 15.8. The number of methoxy groups -OCH3 is 1. The van der Waals surface area contributed by atoms with E-state index >= 15 is 0 Å². The first kappa shape index (κ1) is 15.1. The van der Waals surface area contributed by atoms with E-state index in [1.54, 1.807) is 31.0 Å². The summed E-state index contributed by atoms with van der Waals surface area (Å²) in [5.74, 6) is -0.685. The second-order valence-electron chi connectivity index (χ2n) is 4.61. The number of halogens is 3. The van der Waals surface area contributed by atoms with Gasteiger partial charge in [-0.25, -0.2) is 4.98 Å². The van der Waals surface area contributed by atoms with Crippen molar-refractivity contribution < 1.29 is 17.9 Å². The average Bonchev–Trinajstić information content (AvgIpc) is 2.39. The van der Waals surface area contributed by atoms with Crippen molar-refractivity contribution in [2.24, 2.45) is 0 Å². The summed E-state index contributed by atoms with van der Waals surface area (Å²) in [6.07, 6.45) is -4.70. The van der Waals surface area contributed by atoms with Crippen molar-refractivity contribution in [1.29, 1.82) is 0 Å². The molecule has 21 heavy (non-hydrogen) atoms. The number of benzene rings is 1. The number of hydrogen-bond acceptors (Lipinski definition) is 3. The number of alkyl halides is 3. The number of rotatable bonds is 2. The number of H-pyrrole nitrogens is 1. The summed E-state index contributed by atoms with van der Waals surface area (Å²) in [5, 5.41) is 0. The Kier molecular flexibility index (Phi) is 3.76. The largest absolute Gasteiger partial charge is 0.496 e. The van der Waals surface area contributed by atoms with Crippen molar-refractivity contribution in [3.63, 3.8) is 0 Å². The highest BCUT2D eigenvalue weighted by atomic mass is 19.4. The summed E-state index contributed by atoms with van der Waals surface area (Å²) in [6, 6.07) is 4.39. The zero-order valence-corrected chi connectivity index (χ0v) is 11.6. The molecule has 0 saturated heterocycles. The van der Waals surface area contributed by atoms with Crippen LogP contribution in [0.3, 0.4) is 0 Å². The number of nitrogens with one attached hydrogen (secondary N) is 1. The lowest BCUT2D eigenvalue weighted by molar-refractivity contribution is -0.145. The molecule has 0 radical (unpaired) electrons. The lowest BCUT2D eigenvalue weighted by atomic mass is 10.0. The third-order valence-corrected chi connectivity index (χ3v) is 3.03. The quantitative estimate of drug-likeness (QED) is 0.927. The van der Waals surface area contributed by atoms with Crippen LogP contribution in [0.15, 0.2) is 23.0 Å². The van der Waals surface area contributed by atoms with Gasteiger partial charge in [-0.1, -0.05) is 0 Å². The molecule has 0 spiro atoms. The molecule has 1 N–H and O–H groups in total. The fourth-order valence-corrected chi connectivity index (χ4v) is 2.02. The van der Waals surface area contributed by atoms with Gasteiger partial charge in [-0.05, 0) is 37.1 Å². The number of aromatic nitrogens is 2. The van der Waals surface area contributed by atoms with E-state index in [-0.39, 0.29) is 5.69 Å². The highest BCUT2D eigenvalue weighted by Crippen LogP contribution is 2.30. The first-order valence-electron chi connectivity index (χ1n) is 6.06. The molecular weight excluding hydrogens is 285 g/mol. The standard InChI is InChI=1S/C14H13F3N2O2/c1-7-5-11(21-3)8(2)4-9(7)10-6-12(20)19-13(18-10)14(15,16)17/h4-6H,1-3H3,(H,18,19,20). The molecule has 0 aliphatic carbocycles. The van der Waals surface area contributed by atoms with Gasteiger partial charge in [-0.2, -0.15) is 13.2 Å². The molecule has 0 aliphatic rings. The van der Waals surface area contributed by atoms with E-state index in [0.717, 1.165) is 11.6 Å². The molecule has 112 valence electrons. The Balaban J connectivity index is 2.65. The SMILES string of the molecule is COc1cc(C)c(-c2cc(=O)[nH]c(C(F)(F)F)n2)cc1C. The molecule has 0 amide bonds. The second kappa shape index (κ2) is 5.23. The molecule has 0 aliphatic heterocycles. The Bertz CT molecular complexity index is 736. The van der Waals surface area contributed by atoms with Crippen LogP contribution in [0.25, 0.3) is 11.3 Å². The van der Waals surface area contributed by atoms with Crippen LogP contribution in [0, 0.1) is 13.8 Å². The minimum Gasteiger partial charge on any atom is -0.496 e. The Hall–Kier alpha value is -2.31. The molecule has 1 aromatic carbocycles. The van der Waals surface area contributed by atoms with Crippen molar-refractivity contribution in [3.05, 3.63) is 45.5 Å². The molecule has 1 heterocycles. The first-order valence-corrected chi connectivity index (χ1v) is 6.06. The summed E-state index contributed by atoms with van der Waals surface area (Å²) >= 11 is 0. The van der Waals surface area contributed by atoms with Gasteiger partial charge in [0.05, 0.1) is 12.8 Å². The maximum absolute atomic E-state index is 12.7. The number of aryl methyl sites for hydroxylation is 2. The van der Waals surface area contributed by atoms with Crippen molar-refractivity contribution in [3.8, 4) is 17.0 Å². The van der Waals surface area contributed by atoms with Crippen molar-refractivity contribution in [2.75, 3.05) is 7.11 Å². The maximum Gasteiger partial charge on any atom is 0.449 e. The van der Waals surface area contributed by atoms with Gasteiger partial charge in [0.2, 0.25) is 5.82 Å². The molecule has 2 aromatic rings. The van der Waals surface area contributed by atoms with Crippen LogP contribution in [-0.2, 0) is 6.18 Å². The van der Waals surface area contributed by atoms with E-state index in [2.05, 4.69) is 4.98 Å². The smallest absolute Gasteiger partial charge is 0.449 e. The van der Waals surface area contributed by atoms with Gasteiger partial charge >= 0.3 is 6.18 Å². The first-order chi connectivity index (χ1) is 9.72. The summed E-state index contributed by atoms with van der Waals surface area (Å²) in [6.45, 7) is 3.48. The molecule has 2 rings (SSSR count). The normalized spacial score (nSPS) is 11.5. The van der Waals surface area contributed by atoms with Crippen molar-refractivity contribution in [2.45, 2.75) is 20.0 Å². The highest BCUT2D eigenvalue weighted by Gasteiger charge is 2.34. The van der Waals surface area contributed by atoms with Gasteiger partial charge in [-0.15, -0.1) is 0 Å².